The molecule has 0 amide bonds. The van der Waals surface area contributed by atoms with Gasteiger partial charge in [0.15, 0.2) is 0 Å². The second-order valence-corrected chi connectivity index (χ2v) is 7.00. The third-order valence-electron chi connectivity index (χ3n) is 0.877. The molecule has 0 aliphatic carbocycles. The average Bonchev–Trinajstić information content (AvgIpc) is 2.24. The fraction of sp³-hybridized carbons (Fsp3) is 1.00. The van der Waals surface area contributed by atoms with E-state index in [9.17, 15) is 39.5 Å². The molecule has 0 aliphatic rings. The van der Waals surface area contributed by atoms with Crippen LogP contribution in [0, 0.1) is 0 Å². The Kier molecular flexibility index (Phi) is 13.9. The van der Waals surface area contributed by atoms with E-state index in [0.717, 1.165) is 0 Å². The molecule has 0 spiro atoms. The molecule has 0 rings (SSSR count). The number of hydrogen-bond acceptors (Lipinski definition) is 6. The fourth-order valence-corrected chi connectivity index (χ4v) is 0. The van der Waals surface area contributed by atoms with Crippen LogP contribution >= 0.6 is 0 Å². The summed E-state index contributed by atoms with van der Waals surface area (Å²) in [5, 5.41) is 0. The average molecular weight is 472 g/mol. The Hall–Kier alpha value is -0.303. The molecule has 0 saturated carbocycles. The molecule has 0 atom stereocenters. The molecule has 0 aliphatic heterocycles. The van der Waals surface area contributed by atoms with Crippen molar-refractivity contribution in [1.29, 1.82) is 0 Å². The zero-order chi connectivity index (χ0) is 23.0. The van der Waals surface area contributed by atoms with Gasteiger partial charge in [-0.1, -0.05) is 0 Å². The van der Waals surface area contributed by atoms with E-state index in [4.69, 9.17) is 38.9 Å². The molecule has 158 valence electrons. The predicted molar refractivity (Wildman–Crippen MR) is 64.4 cm³/mol. The zero-order valence-corrected chi connectivity index (χ0v) is 14.4. The summed E-state index contributed by atoms with van der Waals surface area (Å²) in [5.41, 5.74) is -14.6. The minimum absolute atomic E-state index is 2.00. The third kappa shape index (κ3) is 17.1. The van der Waals surface area contributed by atoms with Crippen LogP contribution in [-0.4, -0.2) is 73.2 Å². The Morgan fingerprint density at radius 2 is 0.538 bits per heavy atom. The fourth-order valence-electron chi connectivity index (χ4n) is 0. The molecular weight excluding hydrogens is 466 g/mol. The molecule has 0 aromatic heterocycles. The maximum atomic E-state index is 10.7. The van der Waals surface area contributed by atoms with Gasteiger partial charge in [0.2, 0.25) is 0 Å². The molecule has 22 heteroatoms. The van der Waals surface area contributed by atoms with Gasteiger partial charge >= 0.3 is 70.2 Å². The molecule has 0 aromatic carbocycles. The second-order valence-electron chi connectivity index (χ2n) is 2.76. The normalized spacial score (nSPS) is 13.2. The first-order valence-corrected chi connectivity index (χ1v) is 9.18. The summed E-state index contributed by atoms with van der Waals surface area (Å²) in [5.74, 6) is 0. The van der Waals surface area contributed by atoms with E-state index in [2.05, 4.69) is 0 Å². The van der Waals surface area contributed by atoms with Crippen LogP contribution in [0.25, 0.3) is 0 Å². The summed E-state index contributed by atoms with van der Waals surface area (Å²) in [6.45, 7) is 0. The van der Waals surface area contributed by atoms with Crippen molar-refractivity contribution in [3.05, 3.63) is 0 Å². The Bertz CT molecular complexity index is 599. The SMILES string of the molecule is O=S(=O)(O)C(F)(F)F.O=S(=O)(O)C(F)(F)F.O=S(=O)(O)C(F)(F)F.[Li][CH3]. The maximum absolute atomic E-state index is 10.7. The van der Waals surface area contributed by atoms with Crippen LogP contribution < -0.4 is 0 Å². The molecule has 0 fully saturated rings. The first-order chi connectivity index (χ1) is 10.8. The topological polar surface area (TPSA) is 163 Å². The molecule has 0 heterocycles. The van der Waals surface area contributed by atoms with Crippen LogP contribution in [0.3, 0.4) is 0 Å². The summed E-state index contributed by atoms with van der Waals surface area (Å²) in [6.07, 6.45) is 0. The zero-order valence-electron chi connectivity index (χ0n) is 11.9. The van der Waals surface area contributed by atoms with Crippen molar-refractivity contribution in [2.75, 3.05) is 0 Å². The number of rotatable bonds is 0. The predicted octanol–water partition coefficient (Wildman–Crippen LogP) is 1.39. The second kappa shape index (κ2) is 10.9. The molecule has 0 radical (unpaired) electrons. The van der Waals surface area contributed by atoms with Gasteiger partial charge in [0.1, 0.15) is 0 Å². The van der Waals surface area contributed by atoms with Crippen LogP contribution in [0.1, 0.15) is 0 Å². The van der Waals surface area contributed by atoms with Gasteiger partial charge in [-0.15, -0.1) is 0 Å². The van der Waals surface area contributed by atoms with Crippen LogP contribution in [-0.2, 0) is 30.4 Å². The number of halogens is 9. The summed E-state index contributed by atoms with van der Waals surface area (Å²) < 4.78 is 173. The van der Waals surface area contributed by atoms with Gasteiger partial charge < -0.3 is 0 Å². The first-order valence-electron chi connectivity index (χ1n) is 4.86. The molecule has 3 N–H and O–H groups in total. The standard InChI is InChI=1S/3CHF3O3S.CH3.Li/c3*2-1(3,4)8(5,6)7;;/h3*(H,5,6,7);1H3;. The van der Waals surface area contributed by atoms with Gasteiger partial charge in [-0.3, -0.25) is 13.7 Å². The molecule has 0 saturated heterocycles. The van der Waals surface area contributed by atoms with Gasteiger partial charge in [-0.25, -0.2) is 0 Å². The minimum atomic E-state index is -5.84. The van der Waals surface area contributed by atoms with Gasteiger partial charge in [0.05, 0.1) is 0 Å². The Morgan fingerprint density at radius 3 is 0.538 bits per heavy atom. The van der Waals surface area contributed by atoms with Gasteiger partial charge in [0, 0.05) is 0 Å². The van der Waals surface area contributed by atoms with Crippen LogP contribution in [0.15, 0.2) is 0 Å². The van der Waals surface area contributed by atoms with Gasteiger partial charge in [0.25, 0.3) is 0 Å². The van der Waals surface area contributed by atoms with Crippen molar-refractivity contribution in [2.45, 2.75) is 22.1 Å². The van der Waals surface area contributed by atoms with E-state index in [-0.39, 0.29) is 0 Å². The molecule has 0 unspecified atom stereocenters. The summed E-state index contributed by atoms with van der Waals surface area (Å²) >= 11 is 2.00. The molecule has 26 heavy (non-hydrogen) atoms. The van der Waals surface area contributed by atoms with Gasteiger partial charge in [-0.05, 0) is 0 Å². The van der Waals surface area contributed by atoms with Crippen molar-refractivity contribution < 1.29 is 78.4 Å². The van der Waals surface area contributed by atoms with E-state index in [1.54, 1.807) is 0 Å². The van der Waals surface area contributed by atoms with E-state index in [0.29, 0.717) is 0 Å². The summed E-state index contributed by atoms with van der Waals surface area (Å²) in [4.78, 5) is 0. The van der Waals surface area contributed by atoms with Crippen molar-refractivity contribution in [1.82, 2.24) is 0 Å². The van der Waals surface area contributed by atoms with Crippen LogP contribution in [0.2, 0.25) is 5.60 Å². The van der Waals surface area contributed by atoms with E-state index in [1.807, 2.05) is 23.3 Å². The van der Waals surface area contributed by atoms with Gasteiger partial charge in [-0.2, -0.15) is 64.8 Å². The molecule has 0 aromatic rings. The van der Waals surface area contributed by atoms with Crippen molar-refractivity contribution in [3.8, 4) is 0 Å². The summed E-state index contributed by atoms with van der Waals surface area (Å²) in [7, 11) is -17.5. The van der Waals surface area contributed by atoms with E-state index < -0.39 is 46.9 Å². The number of alkyl halides is 9. The Balaban J connectivity index is -0.000000133. The van der Waals surface area contributed by atoms with Crippen LogP contribution in [0.5, 0.6) is 0 Å². The van der Waals surface area contributed by atoms with Crippen molar-refractivity contribution >= 4 is 48.1 Å². The van der Waals surface area contributed by atoms with E-state index in [1.165, 1.54) is 0 Å². The molecular formula is C4H6F9LiO9S3. The monoisotopic (exact) mass is 472 g/mol. The summed E-state index contributed by atoms with van der Waals surface area (Å²) in [6, 6.07) is 0. The molecule has 9 nitrogen and oxygen atoms in total. The third-order valence-corrected chi connectivity index (χ3v) is 2.63. The van der Waals surface area contributed by atoms with Crippen LogP contribution in [0.4, 0.5) is 39.5 Å². The quantitative estimate of drug-likeness (QED) is 0.205. The first kappa shape index (κ1) is 33.3. The Morgan fingerprint density at radius 1 is 0.500 bits per heavy atom. The number of hydrogen-bond donors (Lipinski definition) is 3. The van der Waals surface area contributed by atoms with Crippen molar-refractivity contribution in [2.24, 2.45) is 0 Å². The van der Waals surface area contributed by atoms with E-state index >= 15 is 0 Å². The molecule has 0 bridgehead atoms. The Labute approximate surface area is 149 Å². The van der Waals surface area contributed by atoms with Crippen molar-refractivity contribution in [3.63, 3.8) is 0 Å².